The Morgan fingerprint density at radius 3 is 2.52 bits per heavy atom. The van der Waals surface area contributed by atoms with Crippen LogP contribution in [0.15, 0.2) is 22.8 Å². The zero-order chi connectivity index (χ0) is 16.6. The summed E-state index contributed by atoms with van der Waals surface area (Å²) in [6, 6.07) is 0. The summed E-state index contributed by atoms with van der Waals surface area (Å²) < 4.78 is 0. The topological polar surface area (TPSA) is 37.4 Å². The number of fused-ring (bicyclic) bond motifs is 1. The van der Waals surface area contributed by atoms with Crippen molar-refractivity contribution in [2.75, 3.05) is 13.1 Å². The summed E-state index contributed by atoms with van der Waals surface area (Å²) in [6.07, 6.45) is 9.39. The molecular weight excluding hydrogens is 286 g/mol. The molecule has 0 aromatic heterocycles. The maximum absolute atomic E-state index is 12.8. The molecular formula is C20H29NO2. The van der Waals surface area contributed by atoms with E-state index in [0.29, 0.717) is 6.42 Å². The lowest BCUT2D eigenvalue weighted by Crippen LogP contribution is -2.40. The molecule has 0 radical (unpaired) electrons. The molecule has 1 amide bonds. The summed E-state index contributed by atoms with van der Waals surface area (Å²) in [5.74, 6) is 0.514. The smallest absolute Gasteiger partial charge is 0.229 e. The van der Waals surface area contributed by atoms with Crippen molar-refractivity contribution in [3.8, 4) is 0 Å². The number of nitrogens with zero attached hydrogens (tertiary/aromatic N) is 1. The molecule has 1 aliphatic heterocycles. The van der Waals surface area contributed by atoms with Crippen LogP contribution in [0, 0.1) is 11.3 Å². The second kappa shape index (κ2) is 6.26. The van der Waals surface area contributed by atoms with Crippen LogP contribution < -0.4 is 0 Å². The summed E-state index contributed by atoms with van der Waals surface area (Å²) >= 11 is 0. The molecule has 0 N–H and O–H groups in total. The van der Waals surface area contributed by atoms with Gasteiger partial charge in [0.25, 0.3) is 0 Å². The fourth-order valence-corrected chi connectivity index (χ4v) is 4.42. The van der Waals surface area contributed by atoms with Crippen molar-refractivity contribution in [3.63, 3.8) is 0 Å². The van der Waals surface area contributed by atoms with E-state index in [1.165, 1.54) is 17.6 Å². The number of ketones is 1. The first-order valence-corrected chi connectivity index (χ1v) is 9.16. The monoisotopic (exact) mass is 315 g/mol. The molecule has 0 saturated carbocycles. The molecule has 0 spiro atoms. The predicted octanol–water partition coefficient (Wildman–Crippen LogP) is 4.04. The molecule has 0 unspecified atom stereocenters. The Morgan fingerprint density at radius 1 is 1.17 bits per heavy atom. The summed E-state index contributed by atoms with van der Waals surface area (Å²) in [7, 11) is 0. The van der Waals surface area contributed by atoms with Gasteiger partial charge in [-0.2, -0.15) is 0 Å². The maximum atomic E-state index is 12.8. The molecule has 0 bridgehead atoms. The van der Waals surface area contributed by atoms with Crippen LogP contribution in [0.5, 0.6) is 0 Å². The molecule has 23 heavy (non-hydrogen) atoms. The van der Waals surface area contributed by atoms with Crippen molar-refractivity contribution in [2.45, 2.75) is 65.7 Å². The van der Waals surface area contributed by atoms with Crippen molar-refractivity contribution >= 4 is 11.7 Å². The van der Waals surface area contributed by atoms with Crippen LogP contribution in [0.25, 0.3) is 0 Å². The van der Waals surface area contributed by atoms with Crippen LogP contribution >= 0.6 is 0 Å². The van der Waals surface area contributed by atoms with Gasteiger partial charge in [-0.1, -0.05) is 18.6 Å². The van der Waals surface area contributed by atoms with E-state index in [4.69, 9.17) is 0 Å². The Bertz CT molecular complexity index is 580. The second-order valence-corrected chi connectivity index (χ2v) is 7.85. The number of piperidine rings is 1. The van der Waals surface area contributed by atoms with E-state index >= 15 is 0 Å². The van der Waals surface area contributed by atoms with Crippen LogP contribution in [0.4, 0.5) is 0 Å². The van der Waals surface area contributed by atoms with Crippen LogP contribution in [-0.2, 0) is 9.59 Å². The largest absolute Gasteiger partial charge is 0.342 e. The summed E-state index contributed by atoms with van der Waals surface area (Å²) in [6.45, 7) is 8.11. The SMILES string of the molecule is CC1=C2C=C([C@H](C)C(=O)N3CCCCC3)CC[C@@]2(C)CCC1=O. The lowest BCUT2D eigenvalue weighted by Gasteiger charge is -2.41. The number of Topliss-reactive ketones (excluding diaryl/α,β-unsaturated/α-hetero) is 1. The van der Waals surface area contributed by atoms with Crippen molar-refractivity contribution in [2.24, 2.45) is 11.3 Å². The van der Waals surface area contributed by atoms with Crippen molar-refractivity contribution in [1.29, 1.82) is 0 Å². The average molecular weight is 315 g/mol. The lowest BCUT2D eigenvalue weighted by molar-refractivity contribution is -0.134. The summed E-state index contributed by atoms with van der Waals surface area (Å²) in [5, 5.41) is 0. The molecule has 126 valence electrons. The molecule has 1 saturated heterocycles. The van der Waals surface area contributed by atoms with Gasteiger partial charge in [-0.05, 0) is 68.9 Å². The molecule has 1 heterocycles. The van der Waals surface area contributed by atoms with E-state index in [-0.39, 0.29) is 23.0 Å². The first-order valence-electron chi connectivity index (χ1n) is 9.16. The minimum absolute atomic E-state index is 0.0463. The number of amides is 1. The molecule has 3 aliphatic rings. The molecule has 0 aromatic carbocycles. The van der Waals surface area contributed by atoms with E-state index in [2.05, 4.69) is 13.0 Å². The second-order valence-electron chi connectivity index (χ2n) is 7.85. The van der Waals surface area contributed by atoms with Gasteiger partial charge in [-0.25, -0.2) is 0 Å². The third kappa shape index (κ3) is 3.02. The van der Waals surface area contributed by atoms with Gasteiger partial charge in [-0.3, -0.25) is 9.59 Å². The Morgan fingerprint density at radius 2 is 1.83 bits per heavy atom. The van der Waals surface area contributed by atoms with E-state index in [1.54, 1.807) is 0 Å². The van der Waals surface area contributed by atoms with Gasteiger partial charge in [0.05, 0.1) is 5.92 Å². The standard InChI is InChI=1S/C20H29NO2/c1-14(19(23)21-11-5-4-6-12-21)16-7-9-20(3)10-8-18(22)15(2)17(20)13-16/h13-14H,4-12H2,1-3H3/t14-,20-/m0/s1. The Hall–Kier alpha value is -1.38. The highest BCUT2D eigenvalue weighted by atomic mass is 16.2. The summed E-state index contributed by atoms with van der Waals surface area (Å²) in [5.41, 5.74) is 3.49. The summed E-state index contributed by atoms with van der Waals surface area (Å²) in [4.78, 5) is 26.9. The molecule has 3 rings (SSSR count). The first-order chi connectivity index (χ1) is 10.9. The van der Waals surface area contributed by atoms with E-state index < -0.39 is 0 Å². The minimum atomic E-state index is -0.0463. The number of likely N-dealkylation sites (tertiary alicyclic amines) is 1. The molecule has 3 heteroatoms. The molecule has 2 atom stereocenters. The van der Waals surface area contributed by atoms with E-state index in [0.717, 1.165) is 50.8 Å². The van der Waals surface area contributed by atoms with Gasteiger partial charge in [0.2, 0.25) is 5.91 Å². The zero-order valence-electron chi connectivity index (χ0n) is 14.8. The van der Waals surface area contributed by atoms with Gasteiger partial charge in [-0.15, -0.1) is 0 Å². The number of allylic oxidation sites excluding steroid dienone is 3. The molecule has 3 nitrogen and oxygen atoms in total. The van der Waals surface area contributed by atoms with Crippen LogP contribution in [0.3, 0.4) is 0 Å². The Balaban J connectivity index is 1.84. The Labute approximate surface area is 139 Å². The quantitative estimate of drug-likeness (QED) is 0.771. The number of hydrogen-bond acceptors (Lipinski definition) is 2. The number of hydrogen-bond donors (Lipinski definition) is 0. The number of rotatable bonds is 2. The fourth-order valence-electron chi connectivity index (χ4n) is 4.42. The third-order valence-corrected chi connectivity index (χ3v) is 6.27. The predicted molar refractivity (Wildman–Crippen MR) is 92.0 cm³/mol. The number of carbonyl (C=O) groups is 2. The van der Waals surface area contributed by atoms with E-state index in [9.17, 15) is 9.59 Å². The van der Waals surface area contributed by atoms with Gasteiger partial charge in [0, 0.05) is 19.5 Å². The Kier molecular flexibility index (Phi) is 4.48. The number of carbonyl (C=O) groups excluding carboxylic acids is 2. The normalized spacial score (nSPS) is 30.0. The first kappa shape index (κ1) is 16.5. The fraction of sp³-hybridized carbons (Fsp3) is 0.700. The highest BCUT2D eigenvalue weighted by Gasteiger charge is 2.39. The van der Waals surface area contributed by atoms with Gasteiger partial charge in [0.1, 0.15) is 0 Å². The van der Waals surface area contributed by atoms with Gasteiger partial charge < -0.3 is 4.90 Å². The van der Waals surface area contributed by atoms with Crippen LogP contribution in [0.2, 0.25) is 0 Å². The zero-order valence-corrected chi connectivity index (χ0v) is 14.8. The van der Waals surface area contributed by atoms with Gasteiger partial charge in [0.15, 0.2) is 5.78 Å². The highest BCUT2D eigenvalue weighted by Crippen LogP contribution is 2.48. The average Bonchev–Trinajstić information content (AvgIpc) is 2.58. The highest BCUT2D eigenvalue weighted by molar-refractivity contribution is 5.97. The van der Waals surface area contributed by atoms with Crippen molar-refractivity contribution < 1.29 is 9.59 Å². The third-order valence-electron chi connectivity index (χ3n) is 6.27. The van der Waals surface area contributed by atoms with Crippen molar-refractivity contribution in [1.82, 2.24) is 4.90 Å². The molecule has 0 aromatic rings. The lowest BCUT2D eigenvalue weighted by atomic mass is 9.64. The minimum Gasteiger partial charge on any atom is -0.342 e. The van der Waals surface area contributed by atoms with E-state index in [1.807, 2.05) is 18.7 Å². The maximum Gasteiger partial charge on any atom is 0.229 e. The van der Waals surface area contributed by atoms with Crippen LogP contribution in [0.1, 0.15) is 65.7 Å². The van der Waals surface area contributed by atoms with Crippen LogP contribution in [-0.4, -0.2) is 29.7 Å². The molecule has 2 aliphatic carbocycles. The molecule has 1 fully saturated rings. The van der Waals surface area contributed by atoms with Crippen molar-refractivity contribution in [3.05, 3.63) is 22.8 Å². The van der Waals surface area contributed by atoms with Gasteiger partial charge >= 0.3 is 0 Å².